The van der Waals surface area contributed by atoms with Gasteiger partial charge in [0.05, 0.1) is 24.5 Å². The van der Waals surface area contributed by atoms with Gasteiger partial charge in [-0.2, -0.15) is 0 Å². The van der Waals surface area contributed by atoms with E-state index in [4.69, 9.17) is 9.15 Å². The summed E-state index contributed by atoms with van der Waals surface area (Å²) in [5.41, 5.74) is 3.77. The van der Waals surface area contributed by atoms with Crippen LogP contribution in [0.3, 0.4) is 0 Å². The van der Waals surface area contributed by atoms with Crippen LogP contribution in [0.4, 0.5) is 0 Å². The molecule has 2 amide bonds. The Hall–Kier alpha value is -3.80. The first-order chi connectivity index (χ1) is 17.1. The largest absolute Gasteiger partial charge is 0.497 e. The number of unbranched alkanes of at least 4 members (excludes halogenated alkanes) is 5. The lowest BCUT2D eigenvalue weighted by Gasteiger charge is -2.05. The minimum absolute atomic E-state index is 0.337. The van der Waals surface area contributed by atoms with E-state index in [9.17, 15) is 9.59 Å². The molecule has 0 aliphatic carbocycles. The molecule has 35 heavy (non-hydrogen) atoms. The van der Waals surface area contributed by atoms with E-state index < -0.39 is 5.91 Å². The Balaban J connectivity index is 1.58. The van der Waals surface area contributed by atoms with E-state index in [1.165, 1.54) is 32.1 Å². The number of aromatic nitrogens is 1. The molecule has 1 N–H and O–H groups in total. The summed E-state index contributed by atoms with van der Waals surface area (Å²) in [4.78, 5) is 26.1. The molecule has 4 aromatic rings. The lowest BCUT2D eigenvalue weighted by atomic mass is 9.95. The summed E-state index contributed by atoms with van der Waals surface area (Å²) >= 11 is 0. The Morgan fingerprint density at radius 2 is 1.63 bits per heavy atom. The van der Waals surface area contributed by atoms with E-state index in [2.05, 4.69) is 22.9 Å². The van der Waals surface area contributed by atoms with Crippen LogP contribution in [0.2, 0.25) is 0 Å². The molecule has 3 heterocycles. The van der Waals surface area contributed by atoms with Crippen LogP contribution in [0.1, 0.15) is 56.6 Å². The number of nitrogens with one attached hydrogen (secondary N) is 1. The van der Waals surface area contributed by atoms with E-state index in [0.717, 1.165) is 34.8 Å². The van der Waals surface area contributed by atoms with Crippen LogP contribution >= 0.6 is 0 Å². The number of methoxy groups -OCH3 is 1. The first-order valence-electron chi connectivity index (χ1n) is 12.4. The topological polar surface area (TPSA) is 73.5 Å². The number of rotatable bonds is 10. The Bertz CT molecular complexity index is 1440. The van der Waals surface area contributed by atoms with Gasteiger partial charge >= 0.3 is 0 Å². The van der Waals surface area contributed by atoms with Crippen molar-refractivity contribution in [2.24, 2.45) is 0 Å². The van der Waals surface area contributed by atoms with E-state index >= 15 is 0 Å². The third-order valence-electron chi connectivity index (χ3n) is 6.79. The van der Waals surface area contributed by atoms with Crippen LogP contribution in [0.15, 0.2) is 59.3 Å². The summed E-state index contributed by atoms with van der Waals surface area (Å²) in [7, 11) is 1.59. The second-order valence-electron chi connectivity index (χ2n) is 9.07. The molecule has 1 aliphatic rings. The van der Waals surface area contributed by atoms with Gasteiger partial charge < -0.3 is 13.7 Å². The highest BCUT2D eigenvalue weighted by Gasteiger charge is 2.35. The van der Waals surface area contributed by atoms with Crippen LogP contribution in [-0.2, 0) is 16.1 Å². The maximum atomic E-state index is 13.1. The van der Waals surface area contributed by atoms with Crippen LogP contribution in [0, 0.1) is 0 Å². The number of furan rings is 1. The van der Waals surface area contributed by atoms with Crippen LogP contribution in [0.25, 0.3) is 33.0 Å². The fourth-order valence-corrected chi connectivity index (χ4v) is 4.99. The lowest BCUT2D eigenvalue weighted by Crippen LogP contribution is -2.22. The van der Waals surface area contributed by atoms with Crippen molar-refractivity contribution >= 4 is 44.8 Å². The van der Waals surface area contributed by atoms with Gasteiger partial charge in [0.25, 0.3) is 11.8 Å². The summed E-state index contributed by atoms with van der Waals surface area (Å²) in [5, 5.41) is 4.20. The first-order valence-corrected chi connectivity index (χ1v) is 12.4. The van der Waals surface area contributed by atoms with E-state index in [-0.39, 0.29) is 5.91 Å². The molecule has 6 nitrogen and oxygen atoms in total. The molecule has 0 saturated carbocycles. The van der Waals surface area contributed by atoms with E-state index in [1.807, 2.05) is 30.5 Å². The molecule has 0 bridgehead atoms. The molecule has 0 fully saturated rings. The van der Waals surface area contributed by atoms with Crippen molar-refractivity contribution in [1.29, 1.82) is 0 Å². The predicted molar refractivity (Wildman–Crippen MR) is 138 cm³/mol. The van der Waals surface area contributed by atoms with E-state index in [1.54, 1.807) is 25.5 Å². The Kier molecular flexibility index (Phi) is 6.45. The number of aryl methyl sites for hydroxylation is 1. The normalized spacial score (nSPS) is 13.9. The van der Waals surface area contributed by atoms with Crippen LogP contribution in [0.5, 0.6) is 5.75 Å². The van der Waals surface area contributed by atoms with Crippen molar-refractivity contribution in [3.8, 4) is 5.75 Å². The summed E-state index contributed by atoms with van der Waals surface area (Å²) in [6.07, 6.45) is 10.9. The molecule has 0 saturated heterocycles. The van der Waals surface area contributed by atoms with Gasteiger partial charge in [0.1, 0.15) is 11.3 Å². The second kappa shape index (κ2) is 9.82. The lowest BCUT2D eigenvalue weighted by molar-refractivity contribution is -0.122. The fraction of sp³-hybridized carbons (Fsp3) is 0.310. The third-order valence-corrected chi connectivity index (χ3v) is 6.79. The number of hydrogen-bond acceptors (Lipinski definition) is 4. The van der Waals surface area contributed by atoms with Crippen LogP contribution < -0.4 is 10.1 Å². The molecule has 2 aromatic heterocycles. The number of imide groups is 1. The highest BCUT2D eigenvalue weighted by molar-refractivity contribution is 6.50. The number of amides is 2. The first kappa shape index (κ1) is 23.0. The van der Waals surface area contributed by atoms with Gasteiger partial charge in [-0.15, -0.1) is 0 Å². The number of carbonyl (C=O) groups is 2. The molecular formula is C29H30N2O4. The molecule has 2 aromatic carbocycles. The SMILES string of the molecule is CCCCCCCCn1cc(C2=C(c3coc4ccc(OC)cc34)C(=O)NC2=O)c2ccccc21. The molecule has 0 radical (unpaired) electrons. The monoisotopic (exact) mass is 470 g/mol. The predicted octanol–water partition coefficient (Wildman–Crippen LogP) is 6.32. The van der Waals surface area contributed by atoms with Gasteiger partial charge in [-0.25, -0.2) is 0 Å². The molecular weight excluding hydrogens is 440 g/mol. The molecule has 0 unspecified atom stereocenters. The quantitative estimate of drug-likeness (QED) is 0.217. The number of hydrogen-bond donors (Lipinski definition) is 1. The van der Waals surface area contributed by atoms with Crippen molar-refractivity contribution < 1.29 is 18.7 Å². The molecule has 6 heteroatoms. The molecule has 180 valence electrons. The van der Waals surface area contributed by atoms with Gasteiger partial charge in [-0.3, -0.25) is 14.9 Å². The Morgan fingerprint density at radius 3 is 2.43 bits per heavy atom. The number of fused-ring (bicyclic) bond motifs is 2. The summed E-state index contributed by atoms with van der Waals surface area (Å²) in [5.74, 6) is -0.143. The number of ether oxygens (including phenoxy) is 1. The smallest absolute Gasteiger partial charge is 0.259 e. The minimum atomic E-state index is -0.414. The van der Waals surface area contributed by atoms with Gasteiger partial charge in [0.15, 0.2) is 0 Å². The van der Waals surface area contributed by atoms with Gasteiger partial charge in [-0.05, 0) is 30.7 Å². The Labute approximate surface area is 204 Å². The number of carbonyl (C=O) groups excluding carboxylic acids is 2. The molecule has 1 aliphatic heterocycles. The molecule has 0 atom stereocenters. The number of benzene rings is 2. The zero-order chi connectivity index (χ0) is 24.4. The average molecular weight is 471 g/mol. The summed E-state index contributed by atoms with van der Waals surface area (Å²) < 4.78 is 13.3. The molecule has 0 spiro atoms. The van der Waals surface area contributed by atoms with Crippen molar-refractivity contribution in [2.75, 3.05) is 7.11 Å². The maximum absolute atomic E-state index is 13.1. The molecule has 5 rings (SSSR count). The highest BCUT2D eigenvalue weighted by Crippen LogP contribution is 2.39. The number of nitrogens with zero attached hydrogens (tertiary/aromatic N) is 1. The van der Waals surface area contributed by atoms with Crippen molar-refractivity contribution in [1.82, 2.24) is 9.88 Å². The number of para-hydroxylation sites is 1. The third kappa shape index (κ3) is 4.25. The van der Waals surface area contributed by atoms with Crippen LogP contribution in [-0.4, -0.2) is 23.5 Å². The van der Waals surface area contributed by atoms with Crippen molar-refractivity contribution in [3.05, 3.63) is 66.1 Å². The van der Waals surface area contributed by atoms with E-state index in [0.29, 0.717) is 28.0 Å². The highest BCUT2D eigenvalue weighted by atomic mass is 16.5. The van der Waals surface area contributed by atoms with Crippen molar-refractivity contribution in [3.63, 3.8) is 0 Å². The summed E-state index contributed by atoms with van der Waals surface area (Å²) in [6.45, 7) is 3.10. The fourth-order valence-electron chi connectivity index (χ4n) is 4.99. The Morgan fingerprint density at radius 1 is 0.886 bits per heavy atom. The zero-order valence-corrected chi connectivity index (χ0v) is 20.2. The zero-order valence-electron chi connectivity index (χ0n) is 20.2. The summed E-state index contributed by atoms with van der Waals surface area (Å²) in [6, 6.07) is 13.5. The standard InChI is InChI=1S/C29H30N2O4/c1-3-4-5-6-7-10-15-31-17-22(20-11-8-9-12-24(20)31)26-27(29(33)30-28(26)32)23-18-35-25-14-13-19(34-2)16-21(23)25/h8-9,11-14,16-18H,3-7,10,15H2,1-2H3,(H,30,32,33). The van der Waals surface area contributed by atoms with Gasteiger partial charge in [-0.1, -0.05) is 57.2 Å². The minimum Gasteiger partial charge on any atom is -0.497 e. The van der Waals surface area contributed by atoms with Crippen molar-refractivity contribution in [2.45, 2.75) is 52.0 Å². The van der Waals surface area contributed by atoms with Gasteiger partial charge in [0.2, 0.25) is 0 Å². The second-order valence-corrected chi connectivity index (χ2v) is 9.07. The maximum Gasteiger partial charge on any atom is 0.259 e. The van der Waals surface area contributed by atoms with Gasteiger partial charge in [0, 0.05) is 40.2 Å². The average Bonchev–Trinajstić information content (AvgIpc) is 3.53.